The molecule has 0 radical (unpaired) electrons. The molecule has 5 rings (SSSR count). The fourth-order valence-electron chi connectivity index (χ4n) is 3.52. The maximum atomic E-state index is 12.8. The molecule has 8 nitrogen and oxygen atoms in total. The zero-order valence-electron chi connectivity index (χ0n) is 15.2. The largest absolute Gasteiger partial charge is 0.454 e. The summed E-state index contributed by atoms with van der Waals surface area (Å²) in [5, 5.41) is 6.77. The average Bonchev–Trinajstić information content (AvgIpc) is 3.31. The fourth-order valence-corrected chi connectivity index (χ4v) is 3.80. The molecule has 0 aliphatic carbocycles. The van der Waals surface area contributed by atoms with Crippen LogP contribution in [0.2, 0.25) is 0 Å². The van der Waals surface area contributed by atoms with Crippen LogP contribution in [-0.4, -0.2) is 34.2 Å². The van der Waals surface area contributed by atoms with Crippen LogP contribution >= 0.6 is 12.2 Å². The second-order valence-electron chi connectivity index (χ2n) is 6.80. The third kappa shape index (κ3) is 3.09. The summed E-state index contributed by atoms with van der Waals surface area (Å²) in [6.45, 7) is 0.528. The molecule has 1 aromatic heterocycles. The van der Waals surface area contributed by atoms with Crippen molar-refractivity contribution in [1.29, 1.82) is 0 Å². The number of carbonyl (C=O) groups excluding carboxylic acids is 2. The van der Waals surface area contributed by atoms with Crippen LogP contribution in [0.4, 0.5) is 5.82 Å². The zero-order valence-corrected chi connectivity index (χ0v) is 16.0. The minimum absolute atomic E-state index is 0.00579. The Labute approximate surface area is 170 Å². The molecule has 0 fully saturated rings. The second-order valence-corrected chi connectivity index (χ2v) is 7.16. The normalized spacial score (nSPS) is 16.6. The van der Waals surface area contributed by atoms with E-state index in [9.17, 15) is 9.59 Å². The Hall–Kier alpha value is -3.46. The predicted octanol–water partition coefficient (Wildman–Crippen LogP) is 2.64. The van der Waals surface area contributed by atoms with Crippen LogP contribution < -0.4 is 20.1 Å². The van der Waals surface area contributed by atoms with E-state index < -0.39 is 6.04 Å². The Bertz CT molecular complexity index is 1220. The van der Waals surface area contributed by atoms with Crippen LogP contribution in [0.25, 0.3) is 10.9 Å². The first-order valence-corrected chi connectivity index (χ1v) is 9.49. The van der Waals surface area contributed by atoms with Crippen LogP contribution in [0.3, 0.4) is 0 Å². The SMILES string of the molecule is O=C(CC1Nc2c3ccccc3nc(=S)n2C1=O)NCc1ccc2c(c1)OCO2. The molecular formula is C20H16N4O4S. The number of para-hydroxylation sites is 1. The number of nitrogens with zero attached hydrogens (tertiary/aromatic N) is 2. The molecule has 3 aromatic rings. The monoisotopic (exact) mass is 408 g/mol. The maximum Gasteiger partial charge on any atom is 0.257 e. The van der Waals surface area contributed by atoms with E-state index in [1.165, 1.54) is 4.57 Å². The lowest BCUT2D eigenvalue weighted by Gasteiger charge is -2.10. The minimum atomic E-state index is -0.693. The third-order valence-corrected chi connectivity index (χ3v) is 5.21. The molecule has 2 aliphatic rings. The molecule has 2 aliphatic heterocycles. The number of hydrogen-bond acceptors (Lipinski definition) is 7. The van der Waals surface area contributed by atoms with Gasteiger partial charge in [-0.25, -0.2) is 9.55 Å². The number of ether oxygens (including phenoxy) is 2. The first kappa shape index (κ1) is 17.6. The lowest BCUT2D eigenvalue weighted by Crippen LogP contribution is -2.33. The second kappa shape index (κ2) is 6.85. The maximum absolute atomic E-state index is 12.8. The number of carbonyl (C=O) groups is 2. The molecule has 2 N–H and O–H groups in total. The topological polar surface area (TPSA) is 94.5 Å². The lowest BCUT2D eigenvalue weighted by molar-refractivity contribution is -0.121. The van der Waals surface area contributed by atoms with Crippen LogP contribution in [0.1, 0.15) is 16.8 Å². The van der Waals surface area contributed by atoms with Crippen molar-refractivity contribution in [2.75, 3.05) is 12.1 Å². The van der Waals surface area contributed by atoms with Crippen molar-refractivity contribution in [2.45, 2.75) is 19.0 Å². The van der Waals surface area contributed by atoms with E-state index in [4.69, 9.17) is 21.7 Å². The fraction of sp³-hybridized carbons (Fsp3) is 0.200. The summed E-state index contributed by atoms with van der Waals surface area (Å²) in [5.74, 6) is 1.41. The minimum Gasteiger partial charge on any atom is -0.454 e. The van der Waals surface area contributed by atoms with Crippen molar-refractivity contribution in [2.24, 2.45) is 0 Å². The van der Waals surface area contributed by atoms with Crippen LogP contribution in [0.5, 0.6) is 11.5 Å². The van der Waals surface area contributed by atoms with Gasteiger partial charge < -0.3 is 20.1 Å². The highest BCUT2D eigenvalue weighted by Gasteiger charge is 2.33. The Balaban J connectivity index is 1.29. The smallest absolute Gasteiger partial charge is 0.257 e. The van der Waals surface area contributed by atoms with Gasteiger partial charge in [0, 0.05) is 11.9 Å². The standard InChI is InChI=1S/C20H16N4O4S/c25-17(21-9-11-5-6-15-16(7-11)28-10-27-15)8-14-19(26)24-18(22-14)12-3-1-2-4-13(12)23-20(24)29/h1-7,14,22H,8-10H2,(H,21,25). The van der Waals surface area contributed by atoms with E-state index >= 15 is 0 Å². The summed E-state index contributed by atoms with van der Waals surface area (Å²) < 4.78 is 12.2. The number of amides is 1. The molecule has 3 heterocycles. The number of hydrogen-bond donors (Lipinski definition) is 2. The van der Waals surface area contributed by atoms with Crippen molar-refractivity contribution < 1.29 is 19.1 Å². The summed E-state index contributed by atoms with van der Waals surface area (Å²) in [6.07, 6.45) is -0.00579. The van der Waals surface area contributed by atoms with E-state index in [-0.39, 0.29) is 29.8 Å². The van der Waals surface area contributed by atoms with Gasteiger partial charge >= 0.3 is 0 Å². The Morgan fingerprint density at radius 3 is 2.97 bits per heavy atom. The van der Waals surface area contributed by atoms with Gasteiger partial charge in [0.05, 0.1) is 11.9 Å². The number of nitrogens with one attached hydrogen (secondary N) is 2. The number of anilines is 1. The predicted molar refractivity (Wildman–Crippen MR) is 108 cm³/mol. The summed E-state index contributed by atoms with van der Waals surface area (Å²) >= 11 is 5.27. The number of fused-ring (bicyclic) bond motifs is 4. The Kier molecular flexibility index (Phi) is 4.17. The van der Waals surface area contributed by atoms with E-state index in [1.807, 2.05) is 42.5 Å². The van der Waals surface area contributed by atoms with Gasteiger partial charge in [0.1, 0.15) is 11.9 Å². The highest BCUT2D eigenvalue weighted by molar-refractivity contribution is 7.71. The van der Waals surface area contributed by atoms with E-state index in [2.05, 4.69) is 15.6 Å². The van der Waals surface area contributed by atoms with E-state index in [1.54, 1.807) is 0 Å². The van der Waals surface area contributed by atoms with Crippen molar-refractivity contribution in [1.82, 2.24) is 14.9 Å². The quantitative estimate of drug-likeness (QED) is 0.641. The van der Waals surface area contributed by atoms with Crippen LogP contribution in [0, 0.1) is 4.77 Å². The highest BCUT2D eigenvalue weighted by atomic mass is 32.1. The van der Waals surface area contributed by atoms with Gasteiger partial charge in [-0.1, -0.05) is 18.2 Å². The average molecular weight is 408 g/mol. The third-order valence-electron chi connectivity index (χ3n) is 4.94. The van der Waals surface area contributed by atoms with Gasteiger partial charge in [0.15, 0.2) is 11.5 Å². The molecule has 0 saturated heterocycles. The van der Waals surface area contributed by atoms with Gasteiger partial charge in [-0.05, 0) is 42.0 Å². The molecule has 1 unspecified atom stereocenters. The molecule has 0 bridgehead atoms. The Morgan fingerprint density at radius 1 is 1.24 bits per heavy atom. The van der Waals surface area contributed by atoms with Gasteiger partial charge in [0.2, 0.25) is 17.5 Å². The number of rotatable bonds is 4. The molecule has 2 aromatic carbocycles. The summed E-state index contributed by atoms with van der Waals surface area (Å²) in [6, 6.07) is 12.2. The first-order valence-electron chi connectivity index (χ1n) is 9.08. The lowest BCUT2D eigenvalue weighted by atomic mass is 10.1. The molecule has 9 heteroatoms. The summed E-state index contributed by atoms with van der Waals surface area (Å²) in [7, 11) is 0. The molecular weight excluding hydrogens is 392 g/mol. The molecule has 146 valence electrons. The Morgan fingerprint density at radius 2 is 2.07 bits per heavy atom. The number of benzene rings is 2. The van der Waals surface area contributed by atoms with Gasteiger partial charge in [-0.3, -0.25) is 9.59 Å². The van der Waals surface area contributed by atoms with Crippen molar-refractivity contribution >= 4 is 40.8 Å². The van der Waals surface area contributed by atoms with Gasteiger partial charge in [-0.2, -0.15) is 0 Å². The molecule has 1 amide bonds. The molecule has 1 atom stereocenters. The first-order chi connectivity index (χ1) is 14.1. The summed E-state index contributed by atoms with van der Waals surface area (Å²) in [5.41, 5.74) is 1.59. The van der Waals surface area contributed by atoms with Gasteiger partial charge in [-0.15, -0.1) is 0 Å². The highest BCUT2D eigenvalue weighted by Crippen LogP contribution is 2.32. The van der Waals surface area contributed by atoms with Crippen LogP contribution in [0.15, 0.2) is 42.5 Å². The zero-order chi connectivity index (χ0) is 20.0. The van der Waals surface area contributed by atoms with Crippen LogP contribution in [-0.2, 0) is 11.3 Å². The van der Waals surface area contributed by atoms with Crippen molar-refractivity contribution in [3.63, 3.8) is 0 Å². The van der Waals surface area contributed by atoms with Gasteiger partial charge in [0.25, 0.3) is 5.91 Å². The summed E-state index contributed by atoms with van der Waals surface area (Å²) in [4.78, 5) is 29.5. The number of aromatic nitrogens is 2. The van der Waals surface area contributed by atoms with Crippen molar-refractivity contribution in [3.8, 4) is 11.5 Å². The van der Waals surface area contributed by atoms with E-state index in [0.29, 0.717) is 29.4 Å². The van der Waals surface area contributed by atoms with E-state index in [0.717, 1.165) is 10.9 Å². The molecule has 0 spiro atoms. The van der Waals surface area contributed by atoms with Crippen molar-refractivity contribution in [3.05, 3.63) is 52.8 Å². The molecule has 0 saturated carbocycles. The molecule has 29 heavy (non-hydrogen) atoms.